The molecule has 0 radical (unpaired) electrons. The Labute approximate surface area is 133 Å². The lowest BCUT2D eigenvalue weighted by atomic mass is 10.1. The van der Waals surface area contributed by atoms with E-state index in [1.54, 1.807) is 23.5 Å². The summed E-state index contributed by atoms with van der Waals surface area (Å²) < 4.78 is 12.9. The van der Waals surface area contributed by atoms with Gasteiger partial charge in [-0.3, -0.25) is 9.69 Å². The predicted octanol–water partition coefficient (Wildman–Crippen LogP) is 3.12. The molecule has 3 rings (SSSR count). The standard InChI is InChI=1S/C17H19FN2OS/c1-12(13-2-4-15(18)5-3-13)19-17(21)11-20-8-6-16-14(10-20)7-9-22-16/h2-5,7,9,12H,6,8,10-11H2,1H3,(H,19,21)/t12-/m0/s1. The maximum atomic E-state index is 12.9. The summed E-state index contributed by atoms with van der Waals surface area (Å²) in [4.78, 5) is 15.8. The summed E-state index contributed by atoms with van der Waals surface area (Å²) in [7, 11) is 0. The maximum absolute atomic E-state index is 12.9. The molecule has 1 aromatic carbocycles. The van der Waals surface area contributed by atoms with E-state index in [4.69, 9.17) is 0 Å². The molecule has 0 saturated carbocycles. The van der Waals surface area contributed by atoms with E-state index < -0.39 is 0 Å². The van der Waals surface area contributed by atoms with Crippen LogP contribution >= 0.6 is 11.3 Å². The second kappa shape index (κ2) is 6.58. The van der Waals surface area contributed by atoms with E-state index in [1.165, 1.54) is 22.6 Å². The molecule has 3 nitrogen and oxygen atoms in total. The van der Waals surface area contributed by atoms with Crippen LogP contribution in [0.25, 0.3) is 0 Å². The molecule has 0 fully saturated rings. The first kappa shape index (κ1) is 15.2. The Morgan fingerprint density at radius 1 is 1.36 bits per heavy atom. The zero-order valence-electron chi connectivity index (χ0n) is 12.5. The van der Waals surface area contributed by atoms with E-state index in [1.807, 2.05) is 6.92 Å². The first-order valence-corrected chi connectivity index (χ1v) is 8.32. The van der Waals surface area contributed by atoms with Crippen molar-refractivity contribution in [3.63, 3.8) is 0 Å². The number of thiophene rings is 1. The van der Waals surface area contributed by atoms with Crippen molar-refractivity contribution in [2.24, 2.45) is 0 Å². The Bertz CT molecular complexity index is 653. The molecule has 1 amide bonds. The number of hydrogen-bond acceptors (Lipinski definition) is 3. The monoisotopic (exact) mass is 318 g/mol. The van der Waals surface area contributed by atoms with Gasteiger partial charge in [-0.2, -0.15) is 0 Å². The summed E-state index contributed by atoms with van der Waals surface area (Å²) in [6.07, 6.45) is 1.02. The van der Waals surface area contributed by atoms with Crippen LogP contribution in [0.1, 0.15) is 29.0 Å². The van der Waals surface area contributed by atoms with Crippen molar-refractivity contribution >= 4 is 17.2 Å². The van der Waals surface area contributed by atoms with Crippen LogP contribution in [-0.4, -0.2) is 23.9 Å². The molecule has 1 atom stereocenters. The van der Waals surface area contributed by atoms with Crippen LogP contribution in [0.5, 0.6) is 0 Å². The van der Waals surface area contributed by atoms with Crippen LogP contribution in [0.2, 0.25) is 0 Å². The average Bonchev–Trinajstić information content (AvgIpc) is 2.95. The number of nitrogens with one attached hydrogen (secondary N) is 1. The van der Waals surface area contributed by atoms with E-state index >= 15 is 0 Å². The zero-order chi connectivity index (χ0) is 15.5. The molecular formula is C17H19FN2OS. The summed E-state index contributed by atoms with van der Waals surface area (Å²) in [5.74, 6) is -0.252. The minimum atomic E-state index is -0.262. The Morgan fingerprint density at radius 3 is 2.91 bits per heavy atom. The fourth-order valence-corrected chi connectivity index (χ4v) is 3.66. The largest absolute Gasteiger partial charge is 0.348 e. The smallest absolute Gasteiger partial charge is 0.234 e. The molecule has 0 saturated heterocycles. The van der Waals surface area contributed by atoms with Gasteiger partial charge in [0.25, 0.3) is 0 Å². The summed E-state index contributed by atoms with van der Waals surface area (Å²) >= 11 is 1.80. The topological polar surface area (TPSA) is 32.3 Å². The molecule has 22 heavy (non-hydrogen) atoms. The van der Waals surface area contributed by atoms with Gasteiger partial charge in [0, 0.05) is 18.0 Å². The van der Waals surface area contributed by atoms with Crippen LogP contribution < -0.4 is 5.32 Å². The number of amides is 1. The third-order valence-electron chi connectivity index (χ3n) is 4.00. The lowest BCUT2D eigenvalue weighted by Crippen LogP contribution is -2.40. The molecule has 0 spiro atoms. The Hall–Kier alpha value is -1.72. The van der Waals surface area contributed by atoms with Gasteiger partial charge in [-0.15, -0.1) is 11.3 Å². The van der Waals surface area contributed by atoms with Gasteiger partial charge in [0.15, 0.2) is 0 Å². The van der Waals surface area contributed by atoms with Gasteiger partial charge in [-0.25, -0.2) is 4.39 Å². The fraction of sp³-hybridized carbons (Fsp3) is 0.353. The Kier molecular flexibility index (Phi) is 4.55. The first-order chi connectivity index (χ1) is 10.6. The molecule has 2 aromatic rings. The molecule has 1 aromatic heterocycles. The van der Waals surface area contributed by atoms with Crippen LogP contribution in [-0.2, 0) is 17.8 Å². The highest BCUT2D eigenvalue weighted by molar-refractivity contribution is 7.10. The van der Waals surface area contributed by atoms with Crippen molar-refractivity contribution in [3.8, 4) is 0 Å². The number of nitrogens with zero attached hydrogens (tertiary/aromatic N) is 1. The van der Waals surface area contributed by atoms with Gasteiger partial charge >= 0.3 is 0 Å². The second-order valence-corrected chi connectivity index (χ2v) is 6.67. The van der Waals surface area contributed by atoms with Crippen molar-refractivity contribution in [1.29, 1.82) is 0 Å². The van der Waals surface area contributed by atoms with Gasteiger partial charge in [-0.1, -0.05) is 12.1 Å². The fourth-order valence-electron chi connectivity index (χ4n) is 2.77. The van der Waals surface area contributed by atoms with Crippen LogP contribution in [0.4, 0.5) is 4.39 Å². The van der Waals surface area contributed by atoms with Crippen molar-refractivity contribution < 1.29 is 9.18 Å². The normalized spacial score (nSPS) is 16.1. The molecule has 116 valence electrons. The minimum absolute atomic E-state index is 0.00973. The van der Waals surface area contributed by atoms with Gasteiger partial charge in [0.05, 0.1) is 12.6 Å². The molecule has 1 N–H and O–H groups in total. The number of benzene rings is 1. The number of rotatable bonds is 4. The molecular weight excluding hydrogens is 299 g/mol. The number of halogens is 1. The maximum Gasteiger partial charge on any atom is 0.234 e. The van der Waals surface area contributed by atoms with Crippen LogP contribution in [0.3, 0.4) is 0 Å². The lowest BCUT2D eigenvalue weighted by Gasteiger charge is -2.26. The SMILES string of the molecule is C[C@H](NC(=O)CN1CCc2sccc2C1)c1ccc(F)cc1. The highest BCUT2D eigenvalue weighted by atomic mass is 32.1. The van der Waals surface area contributed by atoms with Crippen molar-refractivity contribution in [3.05, 3.63) is 57.5 Å². The lowest BCUT2D eigenvalue weighted by molar-refractivity contribution is -0.123. The quantitative estimate of drug-likeness (QED) is 0.939. The van der Waals surface area contributed by atoms with Crippen LogP contribution in [0, 0.1) is 5.82 Å². The molecule has 1 aliphatic heterocycles. The molecule has 1 aliphatic rings. The predicted molar refractivity (Wildman–Crippen MR) is 86.3 cm³/mol. The third kappa shape index (κ3) is 3.54. The Balaban J connectivity index is 1.53. The molecule has 0 bridgehead atoms. The third-order valence-corrected chi connectivity index (χ3v) is 5.02. The average molecular weight is 318 g/mol. The summed E-state index contributed by atoms with van der Waals surface area (Å²) in [6.45, 7) is 4.09. The van der Waals surface area contributed by atoms with E-state index in [2.05, 4.69) is 21.7 Å². The van der Waals surface area contributed by atoms with E-state index in [0.717, 1.165) is 25.1 Å². The number of carbonyl (C=O) groups excluding carboxylic acids is 1. The highest BCUT2D eigenvalue weighted by Crippen LogP contribution is 2.23. The second-order valence-electron chi connectivity index (χ2n) is 5.67. The number of hydrogen-bond donors (Lipinski definition) is 1. The molecule has 2 heterocycles. The number of carbonyl (C=O) groups is 1. The molecule has 0 aliphatic carbocycles. The first-order valence-electron chi connectivity index (χ1n) is 7.44. The van der Waals surface area contributed by atoms with E-state index in [0.29, 0.717) is 6.54 Å². The van der Waals surface area contributed by atoms with Crippen molar-refractivity contribution in [2.75, 3.05) is 13.1 Å². The Morgan fingerprint density at radius 2 is 2.14 bits per heavy atom. The summed E-state index contributed by atoms with van der Waals surface area (Å²) in [5.41, 5.74) is 2.25. The summed E-state index contributed by atoms with van der Waals surface area (Å²) in [6, 6.07) is 8.28. The van der Waals surface area contributed by atoms with Gasteiger partial charge < -0.3 is 5.32 Å². The zero-order valence-corrected chi connectivity index (χ0v) is 13.3. The van der Waals surface area contributed by atoms with E-state index in [9.17, 15) is 9.18 Å². The van der Waals surface area contributed by atoms with Gasteiger partial charge in [0.2, 0.25) is 5.91 Å². The number of fused-ring (bicyclic) bond motifs is 1. The van der Waals surface area contributed by atoms with E-state index in [-0.39, 0.29) is 17.8 Å². The highest BCUT2D eigenvalue weighted by Gasteiger charge is 2.20. The van der Waals surface area contributed by atoms with Crippen LogP contribution in [0.15, 0.2) is 35.7 Å². The van der Waals surface area contributed by atoms with Crippen molar-refractivity contribution in [2.45, 2.75) is 25.9 Å². The van der Waals surface area contributed by atoms with Crippen molar-refractivity contribution in [1.82, 2.24) is 10.2 Å². The van der Waals surface area contributed by atoms with Gasteiger partial charge in [0.1, 0.15) is 5.82 Å². The summed E-state index contributed by atoms with van der Waals surface area (Å²) in [5, 5.41) is 5.10. The molecule has 5 heteroatoms. The van der Waals surface area contributed by atoms with Gasteiger partial charge in [-0.05, 0) is 48.1 Å². The minimum Gasteiger partial charge on any atom is -0.348 e. The molecule has 0 unspecified atom stereocenters.